The monoisotopic (exact) mass is 1170 g/mol. The van der Waals surface area contributed by atoms with E-state index >= 15 is 0 Å². The van der Waals surface area contributed by atoms with Gasteiger partial charge in [0.05, 0.1) is 11.1 Å². The smallest absolute Gasteiger partial charge is 0.416 e. The molecule has 0 aliphatic heterocycles. The standard InChI is InChI=1S/C74H81F6N3O3/c1-5-9-13-21-39-71(40-22-14-10-6-2)65-27-19-17-25-60(65)62-35-33-58(49-67(62)71)83(59-34-36-63-61-26-18-20-28-66(61)72(68(63)50-59,41-23-15-11-7-3)42-24-16-12-8-4)57-31-29-52(30-32-57)45-64(53-37-43-82(44-38-53)51-69(84)85)70(86)81-56-47-54(73(75,76)77)46-55(48-56)74(78,79)80/h17-20,25-38,43-50H,5-16,21-24,39-42,51H2,1-4H3,(H-,81,84,85,86)/p+1. The van der Waals surface area contributed by atoms with Crippen LogP contribution in [0.3, 0.4) is 0 Å². The molecule has 2 aliphatic rings. The number of amides is 1. The molecule has 0 bridgehead atoms. The van der Waals surface area contributed by atoms with Crippen LogP contribution in [0.1, 0.15) is 201 Å². The van der Waals surface area contributed by atoms with Crippen LogP contribution in [0.5, 0.6) is 0 Å². The van der Waals surface area contributed by atoms with Gasteiger partial charge in [0.25, 0.3) is 5.91 Å². The molecule has 86 heavy (non-hydrogen) atoms. The number of nitrogens with one attached hydrogen (secondary N) is 1. The van der Waals surface area contributed by atoms with Crippen LogP contribution in [0.4, 0.5) is 49.1 Å². The van der Waals surface area contributed by atoms with Crippen molar-refractivity contribution >= 4 is 46.3 Å². The van der Waals surface area contributed by atoms with Gasteiger partial charge in [-0.2, -0.15) is 30.9 Å². The van der Waals surface area contributed by atoms with E-state index in [0.29, 0.717) is 17.7 Å². The number of fused-ring (bicyclic) bond motifs is 6. The van der Waals surface area contributed by atoms with Gasteiger partial charge in [-0.3, -0.25) is 4.79 Å². The highest BCUT2D eigenvalue weighted by molar-refractivity contribution is 6.29. The van der Waals surface area contributed by atoms with E-state index < -0.39 is 41.0 Å². The van der Waals surface area contributed by atoms with Crippen LogP contribution >= 0.6 is 0 Å². The largest absolute Gasteiger partial charge is 0.477 e. The van der Waals surface area contributed by atoms with E-state index in [1.807, 2.05) is 24.3 Å². The van der Waals surface area contributed by atoms with Gasteiger partial charge in [0.1, 0.15) is 0 Å². The molecule has 12 heteroatoms. The Balaban J connectivity index is 1.21. The molecule has 0 atom stereocenters. The van der Waals surface area contributed by atoms with Crippen molar-refractivity contribution in [2.75, 3.05) is 10.2 Å². The number of rotatable bonds is 29. The Morgan fingerprint density at radius 2 is 0.895 bits per heavy atom. The van der Waals surface area contributed by atoms with Crippen LogP contribution in [0.2, 0.25) is 0 Å². The molecule has 1 aromatic heterocycles. The van der Waals surface area contributed by atoms with Gasteiger partial charge in [-0.05, 0) is 142 Å². The summed E-state index contributed by atoms with van der Waals surface area (Å²) in [4.78, 5) is 28.4. The number of carbonyl (C=O) groups excluding carboxylic acids is 1. The topological polar surface area (TPSA) is 73.5 Å². The fourth-order valence-corrected chi connectivity index (χ4v) is 13.6. The lowest BCUT2D eigenvalue weighted by Crippen LogP contribution is -2.37. The number of halogens is 6. The number of anilines is 4. The molecule has 6 nitrogen and oxygen atoms in total. The Hall–Kier alpha value is -7.47. The average Bonchev–Trinajstić information content (AvgIpc) is 1.84. The Morgan fingerprint density at radius 1 is 0.488 bits per heavy atom. The number of carbonyl (C=O) groups is 2. The average molecular weight is 1180 g/mol. The van der Waals surface area contributed by atoms with Crippen LogP contribution in [0, 0.1) is 0 Å². The highest BCUT2D eigenvalue weighted by atomic mass is 19.4. The summed E-state index contributed by atoms with van der Waals surface area (Å²) >= 11 is 0. The van der Waals surface area contributed by atoms with Crippen molar-refractivity contribution in [3.8, 4) is 22.3 Å². The molecule has 0 fully saturated rings. The predicted molar refractivity (Wildman–Crippen MR) is 336 cm³/mol. The number of carboxylic acid groups (broad SMARTS) is 1. The third-order valence-corrected chi connectivity index (χ3v) is 17.9. The van der Waals surface area contributed by atoms with E-state index in [2.05, 4.69) is 123 Å². The van der Waals surface area contributed by atoms with Crippen LogP contribution in [0.25, 0.3) is 33.9 Å². The molecule has 0 spiro atoms. The summed E-state index contributed by atoms with van der Waals surface area (Å²) in [5, 5.41) is 11.8. The lowest BCUT2D eigenvalue weighted by molar-refractivity contribution is -0.685. The summed E-state index contributed by atoms with van der Waals surface area (Å²) in [5.74, 6) is -2.09. The fourth-order valence-electron chi connectivity index (χ4n) is 13.6. The van der Waals surface area contributed by atoms with Gasteiger partial charge in [0.15, 0.2) is 12.4 Å². The summed E-state index contributed by atoms with van der Waals surface area (Å²) in [5.41, 5.74) is 9.88. The number of hydrogen-bond donors (Lipinski definition) is 2. The quantitative estimate of drug-likeness (QED) is 0.0212. The van der Waals surface area contributed by atoms with Crippen LogP contribution in [0.15, 0.2) is 152 Å². The minimum absolute atomic E-state index is 0.0124. The van der Waals surface area contributed by atoms with E-state index in [1.165, 1.54) is 105 Å². The molecule has 6 aromatic carbocycles. The third-order valence-electron chi connectivity index (χ3n) is 17.9. The maximum atomic E-state index is 14.4. The first-order valence-corrected chi connectivity index (χ1v) is 31.4. The first kappa shape index (κ1) is 63.0. The number of aromatic nitrogens is 1. The number of nitrogens with zero attached hydrogens (tertiary/aromatic N) is 2. The van der Waals surface area contributed by atoms with Gasteiger partial charge >= 0.3 is 18.3 Å². The van der Waals surface area contributed by atoms with E-state index in [1.54, 1.807) is 0 Å². The van der Waals surface area contributed by atoms with Gasteiger partial charge in [-0.25, -0.2) is 4.79 Å². The second kappa shape index (κ2) is 27.9. The number of unbranched alkanes of at least 4 members (excludes halogenated alkanes) is 12. The van der Waals surface area contributed by atoms with E-state index in [4.69, 9.17) is 0 Å². The van der Waals surface area contributed by atoms with Crippen molar-refractivity contribution in [2.24, 2.45) is 0 Å². The molecule has 1 heterocycles. The lowest BCUT2D eigenvalue weighted by atomic mass is 9.70. The maximum absolute atomic E-state index is 14.4. The highest BCUT2D eigenvalue weighted by Gasteiger charge is 2.45. The molecule has 0 radical (unpaired) electrons. The summed E-state index contributed by atoms with van der Waals surface area (Å²) in [6.45, 7) is 8.64. The third kappa shape index (κ3) is 14.0. The molecule has 1 amide bonds. The zero-order valence-corrected chi connectivity index (χ0v) is 50.3. The van der Waals surface area contributed by atoms with Crippen molar-refractivity contribution < 1.29 is 45.6 Å². The molecule has 2 aliphatic carbocycles. The number of aliphatic carboxylic acids is 1. The van der Waals surface area contributed by atoms with Crippen molar-refractivity contribution in [3.63, 3.8) is 0 Å². The number of carboxylic acids is 1. The molecule has 2 N–H and O–H groups in total. The van der Waals surface area contributed by atoms with Gasteiger partial charge in [-0.15, -0.1) is 0 Å². The first-order chi connectivity index (χ1) is 41.4. The van der Waals surface area contributed by atoms with Gasteiger partial charge < -0.3 is 15.3 Å². The maximum Gasteiger partial charge on any atom is 0.416 e. The molecule has 452 valence electrons. The molecule has 7 aromatic rings. The Kier molecular flexibility index (Phi) is 20.5. The SMILES string of the molecule is CCCCCCC1(CCCCCC)c2ccccc2-c2ccc(N(c3ccc(/C=C(\C(=O)Nc4cc(C(F)(F)F)cc(C(F)(F)F)c4)c4cc[n+](CC(=O)O)cc4)cc3)c3ccc4c(c3)C(CCCCCC)(CCCCCC)c3ccccc3-4)cc21. The zero-order chi connectivity index (χ0) is 61.1. The van der Waals surface area contributed by atoms with Crippen molar-refractivity contribution in [3.05, 3.63) is 196 Å². The number of alkyl halides is 6. The molecule has 0 unspecified atom stereocenters. The second-order valence-electron chi connectivity index (χ2n) is 23.8. The zero-order valence-electron chi connectivity index (χ0n) is 50.3. The summed E-state index contributed by atoms with van der Waals surface area (Å²) < 4.78 is 85.7. The Labute approximate surface area is 504 Å². The molecule has 0 saturated heterocycles. The normalized spacial score (nSPS) is 13.9. The summed E-state index contributed by atoms with van der Waals surface area (Å²) in [6.07, 6.45) is 16.7. The van der Waals surface area contributed by atoms with Crippen LogP contribution in [-0.2, 0) is 39.3 Å². The lowest BCUT2D eigenvalue weighted by Gasteiger charge is -2.35. The second-order valence-corrected chi connectivity index (χ2v) is 23.8. The van der Waals surface area contributed by atoms with Crippen molar-refractivity contribution in [1.29, 1.82) is 0 Å². The van der Waals surface area contributed by atoms with Gasteiger partial charge in [0, 0.05) is 51.3 Å². The van der Waals surface area contributed by atoms with Crippen LogP contribution in [-0.4, -0.2) is 17.0 Å². The van der Waals surface area contributed by atoms with Crippen LogP contribution < -0.4 is 14.8 Å². The Bertz CT molecular complexity index is 3310. The van der Waals surface area contributed by atoms with Gasteiger partial charge in [-0.1, -0.05) is 203 Å². The fraction of sp³-hybridized carbons (Fsp3) is 0.392. The molecule has 9 rings (SSSR count). The van der Waals surface area contributed by atoms with Crippen molar-refractivity contribution in [2.45, 2.75) is 186 Å². The number of benzene rings is 6. The molecular formula is C74H82F6N3O3+. The van der Waals surface area contributed by atoms with Gasteiger partial charge in [0.2, 0.25) is 6.54 Å². The minimum atomic E-state index is -5.14. The van der Waals surface area contributed by atoms with E-state index in [0.717, 1.165) is 120 Å². The minimum Gasteiger partial charge on any atom is -0.477 e. The Morgan fingerprint density at radius 3 is 1.30 bits per heavy atom. The molecule has 0 saturated carbocycles. The van der Waals surface area contributed by atoms with E-state index in [9.17, 15) is 41.0 Å². The summed E-state index contributed by atoms with van der Waals surface area (Å²) in [7, 11) is 0. The molecular weight excluding hydrogens is 1090 g/mol. The number of hydrogen-bond acceptors (Lipinski definition) is 3. The predicted octanol–water partition coefficient (Wildman–Crippen LogP) is 21.2. The number of pyridine rings is 1. The first-order valence-electron chi connectivity index (χ1n) is 31.4. The summed E-state index contributed by atoms with van der Waals surface area (Å²) in [6, 6.07) is 43.6. The highest BCUT2D eigenvalue weighted by Crippen LogP contribution is 2.58. The van der Waals surface area contributed by atoms with Crippen molar-refractivity contribution in [1.82, 2.24) is 0 Å². The van der Waals surface area contributed by atoms with E-state index in [-0.39, 0.29) is 34.6 Å².